The maximum atomic E-state index is 5.86. The van der Waals surface area contributed by atoms with Gasteiger partial charge < -0.3 is 15.2 Å². The highest BCUT2D eigenvalue weighted by atomic mass is 16.5. The van der Waals surface area contributed by atoms with Crippen molar-refractivity contribution in [1.29, 1.82) is 0 Å². The average molecular weight is 243 g/mol. The summed E-state index contributed by atoms with van der Waals surface area (Å²) < 4.78 is 5.17. The third kappa shape index (κ3) is 1.67. The van der Waals surface area contributed by atoms with E-state index in [1.807, 2.05) is 25.3 Å². The molecule has 0 saturated heterocycles. The van der Waals surface area contributed by atoms with Crippen LogP contribution in [-0.2, 0) is 0 Å². The predicted octanol–water partition coefficient (Wildman–Crippen LogP) is 2.02. The largest absolute Gasteiger partial charge is 0.345 e. The summed E-state index contributed by atoms with van der Waals surface area (Å²) in [6, 6.07) is 3.62. The Balaban J connectivity index is 2.07. The number of pyridine rings is 1. The number of rotatable bonds is 3. The highest BCUT2D eigenvalue weighted by Gasteiger charge is 2.16. The van der Waals surface area contributed by atoms with Crippen LogP contribution in [0.2, 0.25) is 0 Å². The fraction of sp³-hybridized carbons (Fsp3) is 0.250. The Kier molecular flexibility index (Phi) is 2.56. The molecular formula is C12H13N5O. The first-order valence-electron chi connectivity index (χ1n) is 5.81. The lowest BCUT2D eigenvalue weighted by molar-refractivity contribution is 0.352. The van der Waals surface area contributed by atoms with Gasteiger partial charge in [-0.15, -0.1) is 0 Å². The Bertz CT molecular complexity index is 672. The number of aromatic nitrogens is 4. The minimum absolute atomic E-state index is 0.213. The molecule has 3 N–H and O–H groups in total. The van der Waals surface area contributed by atoms with Crippen LogP contribution >= 0.6 is 0 Å². The number of fused-ring (bicyclic) bond motifs is 1. The molecule has 0 aromatic carbocycles. The molecule has 3 heterocycles. The smallest absolute Gasteiger partial charge is 0.243 e. The molecule has 0 aliphatic rings. The summed E-state index contributed by atoms with van der Waals surface area (Å²) >= 11 is 0. The summed E-state index contributed by atoms with van der Waals surface area (Å²) in [5.41, 5.74) is 7.53. The number of nitrogens with one attached hydrogen (secondary N) is 1. The van der Waals surface area contributed by atoms with E-state index in [1.54, 1.807) is 6.20 Å². The first kappa shape index (κ1) is 10.9. The van der Waals surface area contributed by atoms with Crippen LogP contribution in [0.1, 0.15) is 25.3 Å². The van der Waals surface area contributed by atoms with Crippen molar-refractivity contribution in [3.05, 3.63) is 30.4 Å². The molecule has 0 bridgehead atoms. The van der Waals surface area contributed by atoms with Gasteiger partial charge in [0.15, 0.2) is 0 Å². The summed E-state index contributed by atoms with van der Waals surface area (Å²) in [7, 11) is 0. The Morgan fingerprint density at radius 3 is 3.22 bits per heavy atom. The van der Waals surface area contributed by atoms with Gasteiger partial charge in [0.25, 0.3) is 0 Å². The van der Waals surface area contributed by atoms with E-state index in [4.69, 9.17) is 10.3 Å². The van der Waals surface area contributed by atoms with Crippen molar-refractivity contribution in [2.75, 3.05) is 0 Å². The standard InChI is InChI=1S/C12H13N5O/c1-2-9(13)12-16-11(17-18-12)8-6-15-10-7(8)4-3-5-14-10/h3-6,9H,2,13H2,1H3,(H,14,15). The molecule has 3 aromatic rings. The highest BCUT2D eigenvalue weighted by molar-refractivity contribution is 5.91. The summed E-state index contributed by atoms with van der Waals surface area (Å²) in [6.07, 6.45) is 4.32. The fourth-order valence-corrected chi connectivity index (χ4v) is 1.81. The minimum Gasteiger partial charge on any atom is -0.345 e. The maximum Gasteiger partial charge on any atom is 0.243 e. The number of hydrogen-bond acceptors (Lipinski definition) is 5. The number of nitrogens with two attached hydrogens (primary N) is 1. The van der Waals surface area contributed by atoms with Crippen LogP contribution in [0, 0.1) is 0 Å². The molecule has 6 nitrogen and oxygen atoms in total. The van der Waals surface area contributed by atoms with Gasteiger partial charge in [-0.1, -0.05) is 12.1 Å². The number of nitrogens with zero attached hydrogens (tertiary/aromatic N) is 3. The van der Waals surface area contributed by atoms with E-state index in [-0.39, 0.29) is 6.04 Å². The molecule has 6 heteroatoms. The molecule has 0 fully saturated rings. The van der Waals surface area contributed by atoms with Gasteiger partial charge in [0.2, 0.25) is 11.7 Å². The number of H-pyrrole nitrogens is 1. The lowest BCUT2D eigenvalue weighted by atomic mass is 10.2. The first-order valence-corrected chi connectivity index (χ1v) is 5.81. The second kappa shape index (κ2) is 4.23. The third-order valence-corrected chi connectivity index (χ3v) is 2.89. The second-order valence-electron chi connectivity index (χ2n) is 4.07. The molecule has 0 aliphatic heterocycles. The second-order valence-corrected chi connectivity index (χ2v) is 4.07. The number of hydrogen-bond donors (Lipinski definition) is 2. The Labute approximate surface area is 103 Å². The zero-order valence-corrected chi connectivity index (χ0v) is 9.92. The molecule has 0 spiro atoms. The van der Waals surface area contributed by atoms with E-state index in [0.717, 1.165) is 23.0 Å². The maximum absolute atomic E-state index is 5.86. The van der Waals surface area contributed by atoms with E-state index >= 15 is 0 Å². The summed E-state index contributed by atoms with van der Waals surface area (Å²) in [4.78, 5) is 11.6. The van der Waals surface area contributed by atoms with Crippen molar-refractivity contribution in [1.82, 2.24) is 20.1 Å². The molecule has 0 aliphatic carbocycles. The fourth-order valence-electron chi connectivity index (χ4n) is 1.81. The van der Waals surface area contributed by atoms with Crippen LogP contribution in [-0.4, -0.2) is 20.1 Å². The Hall–Kier alpha value is -2.21. The summed E-state index contributed by atoms with van der Waals surface area (Å²) in [5.74, 6) is 0.999. The van der Waals surface area contributed by atoms with Crippen molar-refractivity contribution >= 4 is 11.0 Å². The van der Waals surface area contributed by atoms with Crippen LogP contribution in [0.15, 0.2) is 29.0 Å². The van der Waals surface area contributed by atoms with Crippen LogP contribution in [0.25, 0.3) is 22.4 Å². The average Bonchev–Trinajstić information content (AvgIpc) is 3.03. The van der Waals surface area contributed by atoms with E-state index in [0.29, 0.717) is 11.7 Å². The van der Waals surface area contributed by atoms with Crippen molar-refractivity contribution in [2.24, 2.45) is 5.73 Å². The molecule has 1 unspecified atom stereocenters. The molecule has 0 amide bonds. The van der Waals surface area contributed by atoms with Crippen molar-refractivity contribution < 1.29 is 4.52 Å². The molecule has 1 atom stereocenters. The third-order valence-electron chi connectivity index (χ3n) is 2.89. The quantitative estimate of drug-likeness (QED) is 0.734. The van der Waals surface area contributed by atoms with E-state index < -0.39 is 0 Å². The van der Waals surface area contributed by atoms with E-state index in [2.05, 4.69) is 20.1 Å². The normalized spacial score (nSPS) is 13.0. The van der Waals surface area contributed by atoms with Gasteiger partial charge in [0.05, 0.1) is 6.04 Å². The molecule has 0 radical (unpaired) electrons. The van der Waals surface area contributed by atoms with Crippen LogP contribution < -0.4 is 5.73 Å². The van der Waals surface area contributed by atoms with E-state index in [1.165, 1.54) is 0 Å². The molecule has 3 rings (SSSR count). The van der Waals surface area contributed by atoms with Crippen molar-refractivity contribution in [3.63, 3.8) is 0 Å². The molecule has 3 aromatic heterocycles. The minimum atomic E-state index is -0.213. The van der Waals surface area contributed by atoms with Crippen LogP contribution in [0.3, 0.4) is 0 Å². The summed E-state index contributed by atoms with van der Waals surface area (Å²) in [5, 5.41) is 4.93. The lowest BCUT2D eigenvalue weighted by Crippen LogP contribution is -2.08. The van der Waals surface area contributed by atoms with Crippen molar-refractivity contribution in [2.45, 2.75) is 19.4 Å². The van der Waals surface area contributed by atoms with Gasteiger partial charge in [0, 0.05) is 23.3 Å². The van der Waals surface area contributed by atoms with Gasteiger partial charge in [-0.2, -0.15) is 4.98 Å². The van der Waals surface area contributed by atoms with Crippen molar-refractivity contribution in [3.8, 4) is 11.4 Å². The SMILES string of the molecule is CCC(N)c1nc(-c2c[nH]c3ncccc23)no1. The number of aromatic amines is 1. The van der Waals surface area contributed by atoms with Gasteiger partial charge in [0.1, 0.15) is 5.65 Å². The zero-order valence-electron chi connectivity index (χ0n) is 9.92. The molecule has 0 saturated carbocycles. The zero-order chi connectivity index (χ0) is 12.5. The van der Waals surface area contributed by atoms with Crippen LogP contribution in [0.5, 0.6) is 0 Å². The lowest BCUT2D eigenvalue weighted by Gasteiger charge is -1.98. The van der Waals surface area contributed by atoms with Gasteiger partial charge in [-0.05, 0) is 18.6 Å². The molecule has 18 heavy (non-hydrogen) atoms. The monoisotopic (exact) mass is 243 g/mol. The first-order chi connectivity index (χ1) is 8.79. The highest BCUT2D eigenvalue weighted by Crippen LogP contribution is 2.26. The van der Waals surface area contributed by atoms with Crippen LogP contribution in [0.4, 0.5) is 0 Å². The van der Waals surface area contributed by atoms with Gasteiger partial charge in [-0.3, -0.25) is 0 Å². The summed E-state index contributed by atoms with van der Waals surface area (Å²) in [6.45, 7) is 1.98. The molecular weight excluding hydrogens is 230 g/mol. The molecule has 92 valence electrons. The Morgan fingerprint density at radius 1 is 1.50 bits per heavy atom. The topological polar surface area (TPSA) is 93.6 Å². The van der Waals surface area contributed by atoms with Gasteiger partial charge in [-0.25, -0.2) is 4.98 Å². The predicted molar refractivity (Wildman–Crippen MR) is 66.6 cm³/mol. The Morgan fingerprint density at radius 2 is 2.39 bits per heavy atom. The van der Waals surface area contributed by atoms with Gasteiger partial charge >= 0.3 is 0 Å². The van der Waals surface area contributed by atoms with E-state index in [9.17, 15) is 0 Å².